The van der Waals surface area contributed by atoms with E-state index in [9.17, 15) is 4.79 Å². The first kappa shape index (κ1) is 12.2. The lowest BCUT2D eigenvalue weighted by molar-refractivity contribution is -0.131. The van der Waals surface area contributed by atoms with E-state index < -0.39 is 0 Å². The molecule has 2 nitrogen and oxygen atoms in total. The van der Waals surface area contributed by atoms with Gasteiger partial charge in [0.1, 0.15) is 0 Å². The number of hydrogen-bond donors (Lipinski definition) is 1. The van der Waals surface area contributed by atoms with Crippen LogP contribution in [0.3, 0.4) is 0 Å². The number of carbonyl (C=O) groups is 1. The monoisotopic (exact) mass is 307 g/mol. The van der Waals surface area contributed by atoms with Crippen LogP contribution in [0, 0.1) is 5.92 Å². The highest BCUT2D eigenvalue weighted by Gasteiger charge is 2.50. The van der Waals surface area contributed by atoms with E-state index in [1.165, 1.54) is 0 Å². The predicted molar refractivity (Wildman–Crippen MR) is 75.4 cm³/mol. The Balaban J connectivity index is 1.88. The molecule has 3 rings (SSSR count). The molecule has 2 fully saturated rings. The topological polar surface area (TPSA) is 29.1 Å². The Morgan fingerprint density at radius 3 is 2.67 bits per heavy atom. The maximum atomic E-state index is 12.5. The Morgan fingerprint density at radius 1 is 1.39 bits per heavy atom. The van der Waals surface area contributed by atoms with Crippen molar-refractivity contribution in [2.24, 2.45) is 5.92 Å². The third kappa shape index (κ3) is 2.09. The first-order valence-electron chi connectivity index (χ1n) is 6.67. The fourth-order valence-corrected chi connectivity index (χ4v) is 3.42. The second-order valence-corrected chi connectivity index (χ2v) is 6.77. The van der Waals surface area contributed by atoms with Gasteiger partial charge in [-0.05, 0) is 49.3 Å². The van der Waals surface area contributed by atoms with Gasteiger partial charge in [-0.1, -0.05) is 35.0 Å². The lowest BCUT2D eigenvalue weighted by atomic mass is 9.58. The van der Waals surface area contributed by atoms with Gasteiger partial charge in [0.05, 0.1) is 5.41 Å². The highest BCUT2D eigenvalue weighted by Crippen LogP contribution is 2.48. The molecule has 0 unspecified atom stereocenters. The van der Waals surface area contributed by atoms with E-state index in [4.69, 9.17) is 0 Å². The number of benzene rings is 1. The standard InChI is InChI=1S/C15H18BrNO/c1-10-8-15(9-10,14(18)17-13-5-6-13)11-3-2-4-12(16)7-11/h2-4,7,10,13H,5-6,8-9H2,1H3,(H,17,18)/t10-,15+. The van der Waals surface area contributed by atoms with Gasteiger partial charge in [-0.15, -0.1) is 0 Å². The molecule has 2 aliphatic rings. The molecule has 2 aliphatic carbocycles. The summed E-state index contributed by atoms with van der Waals surface area (Å²) in [5, 5.41) is 3.18. The normalized spacial score (nSPS) is 30.7. The van der Waals surface area contributed by atoms with E-state index in [1.807, 2.05) is 12.1 Å². The Labute approximate surface area is 116 Å². The van der Waals surface area contributed by atoms with Gasteiger partial charge in [-0.25, -0.2) is 0 Å². The zero-order chi connectivity index (χ0) is 12.8. The summed E-state index contributed by atoms with van der Waals surface area (Å²) >= 11 is 3.50. The van der Waals surface area contributed by atoms with Crippen molar-refractivity contribution in [1.29, 1.82) is 0 Å². The quantitative estimate of drug-likeness (QED) is 0.911. The van der Waals surface area contributed by atoms with Gasteiger partial charge in [0.15, 0.2) is 0 Å². The zero-order valence-electron chi connectivity index (χ0n) is 10.6. The van der Waals surface area contributed by atoms with Crippen molar-refractivity contribution < 1.29 is 4.79 Å². The molecule has 0 saturated heterocycles. The molecule has 18 heavy (non-hydrogen) atoms. The zero-order valence-corrected chi connectivity index (χ0v) is 12.2. The van der Waals surface area contributed by atoms with E-state index in [-0.39, 0.29) is 11.3 Å². The van der Waals surface area contributed by atoms with E-state index in [2.05, 4.69) is 40.3 Å². The van der Waals surface area contributed by atoms with Gasteiger partial charge >= 0.3 is 0 Å². The van der Waals surface area contributed by atoms with Crippen molar-refractivity contribution >= 4 is 21.8 Å². The summed E-state index contributed by atoms with van der Waals surface area (Å²) < 4.78 is 1.05. The van der Waals surface area contributed by atoms with Crippen LogP contribution in [-0.2, 0) is 10.2 Å². The Kier molecular flexibility index (Phi) is 2.97. The van der Waals surface area contributed by atoms with Gasteiger partial charge in [0.25, 0.3) is 0 Å². The van der Waals surface area contributed by atoms with Crippen LogP contribution in [0.2, 0.25) is 0 Å². The van der Waals surface area contributed by atoms with Crippen LogP contribution in [0.25, 0.3) is 0 Å². The number of carbonyl (C=O) groups excluding carboxylic acids is 1. The van der Waals surface area contributed by atoms with E-state index in [1.54, 1.807) is 0 Å². The Bertz CT molecular complexity index is 475. The summed E-state index contributed by atoms with van der Waals surface area (Å²) in [4.78, 5) is 12.5. The molecule has 1 aromatic carbocycles. The molecule has 0 atom stereocenters. The highest BCUT2D eigenvalue weighted by molar-refractivity contribution is 9.10. The number of halogens is 1. The molecule has 0 spiro atoms. The number of nitrogens with one attached hydrogen (secondary N) is 1. The SMILES string of the molecule is C[C@H]1C[C@](C(=O)NC2CC2)(c2cccc(Br)c2)C1. The Hall–Kier alpha value is -0.830. The molecule has 0 bridgehead atoms. The fourth-order valence-electron chi connectivity index (χ4n) is 3.02. The summed E-state index contributed by atoms with van der Waals surface area (Å²) in [6.45, 7) is 2.22. The predicted octanol–water partition coefficient (Wildman–Crippen LogP) is 3.40. The van der Waals surface area contributed by atoms with Gasteiger partial charge in [0.2, 0.25) is 5.91 Å². The maximum Gasteiger partial charge on any atom is 0.230 e. The molecule has 1 N–H and O–H groups in total. The van der Waals surface area contributed by atoms with Crippen molar-refractivity contribution in [3.05, 3.63) is 34.3 Å². The van der Waals surface area contributed by atoms with Gasteiger partial charge < -0.3 is 5.32 Å². The molecule has 0 heterocycles. The molecular formula is C15H18BrNO. The van der Waals surface area contributed by atoms with E-state index >= 15 is 0 Å². The van der Waals surface area contributed by atoms with Crippen LogP contribution in [0.15, 0.2) is 28.7 Å². The summed E-state index contributed by atoms with van der Waals surface area (Å²) in [5.74, 6) is 0.884. The lowest BCUT2D eigenvalue weighted by Crippen LogP contribution is -2.53. The second-order valence-electron chi connectivity index (χ2n) is 5.85. The third-order valence-electron chi connectivity index (χ3n) is 4.12. The smallest absolute Gasteiger partial charge is 0.230 e. The minimum Gasteiger partial charge on any atom is -0.353 e. The van der Waals surface area contributed by atoms with Crippen molar-refractivity contribution in [2.45, 2.75) is 44.1 Å². The van der Waals surface area contributed by atoms with Crippen molar-refractivity contribution in [3.8, 4) is 0 Å². The minimum atomic E-state index is -0.272. The molecule has 96 valence electrons. The average Bonchev–Trinajstić information content (AvgIpc) is 3.08. The molecule has 2 saturated carbocycles. The molecular weight excluding hydrogens is 290 g/mol. The molecule has 0 radical (unpaired) electrons. The highest BCUT2D eigenvalue weighted by atomic mass is 79.9. The molecule has 0 aromatic heterocycles. The first-order valence-corrected chi connectivity index (χ1v) is 7.46. The second kappa shape index (κ2) is 4.37. The van der Waals surface area contributed by atoms with E-state index in [0.29, 0.717) is 12.0 Å². The van der Waals surface area contributed by atoms with Crippen LogP contribution >= 0.6 is 15.9 Å². The summed E-state index contributed by atoms with van der Waals surface area (Å²) in [6, 6.07) is 8.66. The van der Waals surface area contributed by atoms with Crippen LogP contribution in [-0.4, -0.2) is 11.9 Å². The maximum absolute atomic E-state index is 12.5. The third-order valence-corrected chi connectivity index (χ3v) is 4.61. The summed E-state index contributed by atoms with van der Waals surface area (Å²) in [5.41, 5.74) is 0.888. The lowest BCUT2D eigenvalue weighted by Gasteiger charge is -2.45. The average molecular weight is 308 g/mol. The van der Waals surface area contributed by atoms with Crippen LogP contribution in [0.4, 0.5) is 0 Å². The molecule has 1 aromatic rings. The minimum absolute atomic E-state index is 0.237. The molecule has 3 heteroatoms. The van der Waals surface area contributed by atoms with Crippen molar-refractivity contribution in [3.63, 3.8) is 0 Å². The van der Waals surface area contributed by atoms with Gasteiger partial charge in [-0.2, -0.15) is 0 Å². The fraction of sp³-hybridized carbons (Fsp3) is 0.533. The Morgan fingerprint density at radius 2 is 2.11 bits per heavy atom. The number of amides is 1. The number of rotatable bonds is 3. The number of hydrogen-bond acceptors (Lipinski definition) is 1. The van der Waals surface area contributed by atoms with Crippen molar-refractivity contribution in [2.75, 3.05) is 0 Å². The van der Waals surface area contributed by atoms with E-state index in [0.717, 1.165) is 35.7 Å². The molecule has 0 aliphatic heterocycles. The van der Waals surface area contributed by atoms with Crippen molar-refractivity contribution in [1.82, 2.24) is 5.32 Å². The first-order chi connectivity index (χ1) is 8.60. The summed E-state index contributed by atoms with van der Waals surface area (Å²) in [7, 11) is 0. The largest absolute Gasteiger partial charge is 0.353 e. The molecule has 1 amide bonds. The summed E-state index contributed by atoms with van der Waals surface area (Å²) in [6.07, 6.45) is 4.25. The van der Waals surface area contributed by atoms with Crippen LogP contribution in [0.1, 0.15) is 38.2 Å². The van der Waals surface area contributed by atoms with Crippen LogP contribution in [0.5, 0.6) is 0 Å². The van der Waals surface area contributed by atoms with Gasteiger partial charge in [0, 0.05) is 10.5 Å². The van der Waals surface area contributed by atoms with Gasteiger partial charge in [-0.3, -0.25) is 4.79 Å². The van der Waals surface area contributed by atoms with Crippen LogP contribution < -0.4 is 5.32 Å².